The number of esters is 2. The van der Waals surface area contributed by atoms with Gasteiger partial charge in [0.25, 0.3) is 23.6 Å². The quantitative estimate of drug-likeness (QED) is 0.0635. The van der Waals surface area contributed by atoms with Gasteiger partial charge >= 0.3 is 41.5 Å². The van der Waals surface area contributed by atoms with Crippen molar-refractivity contribution in [2.24, 2.45) is 0 Å². The molecule has 3 N–H and O–H groups in total. The van der Waals surface area contributed by atoms with Crippen LogP contribution in [0.4, 0.5) is 34.9 Å². The summed E-state index contributed by atoms with van der Waals surface area (Å²) in [4.78, 5) is 91.7. The third-order valence-electron chi connectivity index (χ3n) is 11.1. The summed E-state index contributed by atoms with van der Waals surface area (Å²) < 4.78 is 46.0. The molecule has 340 valence electrons. The summed E-state index contributed by atoms with van der Waals surface area (Å²) in [6, 6.07) is 38.0. The van der Waals surface area contributed by atoms with Crippen molar-refractivity contribution in [3.05, 3.63) is 179 Å². The molecule has 0 unspecified atom stereocenters. The van der Waals surface area contributed by atoms with Crippen LogP contribution in [0.1, 0.15) is 62.1 Å². The molecule has 0 bridgehead atoms. The SMILES string of the molecule is O=C(OCN1C(=O)c2ccccc2C1=O)c1ccc2cc(Nc3nc(Nc4cccc(S(=O)(=O)[O-])c4)nc(Nc4ccc5cc(C(=O)OCN6C(=O)c7ccccc7C6=O)ccc5c4)n3)ccc2c1.[Na+]. The minimum absolute atomic E-state index is 0. The van der Waals surface area contributed by atoms with Crippen LogP contribution in [-0.2, 0) is 19.6 Å². The van der Waals surface area contributed by atoms with Gasteiger partial charge in [0.2, 0.25) is 17.8 Å². The molecule has 8 aromatic rings. The molecule has 21 heteroatoms. The number of nitrogens with one attached hydrogen (secondary N) is 3. The van der Waals surface area contributed by atoms with Gasteiger partial charge in [-0.3, -0.25) is 19.2 Å². The number of aromatic nitrogens is 3. The van der Waals surface area contributed by atoms with Crippen molar-refractivity contribution in [3.63, 3.8) is 0 Å². The van der Waals surface area contributed by atoms with E-state index >= 15 is 0 Å². The maximum Gasteiger partial charge on any atom is 1.00 e. The van der Waals surface area contributed by atoms with E-state index in [1.807, 2.05) is 0 Å². The molecule has 0 fully saturated rings. The molecule has 4 amide bonds. The van der Waals surface area contributed by atoms with E-state index in [4.69, 9.17) is 9.47 Å². The molecule has 0 atom stereocenters. The number of ether oxygens (including phenoxy) is 2. The molecule has 2 aliphatic rings. The summed E-state index contributed by atoms with van der Waals surface area (Å²) in [6.07, 6.45) is 0. The Kier molecular flexibility index (Phi) is 12.6. The van der Waals surface area contributed by atoms with E-state index in [1.165, 1.54) is 48.5 Å². The topological polar surface area (TPSA) is 259 Å². The van der Waals surface area contributed by atoms with Crippen LogP contribution >= 0.6 is 0 Å². The molecule has 3 heterocycles. The molecule has 0 radical (unpaired) electrons. The van der Waals surface area contributed by atoms with Gasteiger partial charge in [0.15, 0.2) is 13.5 Å². The number of carbonyl (C=O) groups excluding carboxylic acids is 6. The van der Waals surface area contributed by atoms with E-state index in [1.54, 1.807) is 84.9 Å². The van der Waals surface area contributed by atoms with Crippen LogP contribution in [0, 0.1) is 0 Å². The summed E-state index contributed by atoms with van der Waals surface area (Å²) in [7, 11) is -4.78. The van der Waals surface area contributed by atoms with E-state index in [0.717, 1.165) is 21.9 Å². The first-order chi connectivity index (χ1) is 33.2. The summed E-state index contributed by atoms with van der Waals surface area (Å²) in [6.45, 7) is -1.11. The van der Waals surface area contributed by atoms with Crippen molar-refractivity contribution >= 4 is 102 Å². The Hall–Kier alpha value is -8.40. The van der Waals surface area contributed by atoms with Crippen LogP contribution in [0.5, 0.6) is 0 Å². The number of anilines is 6. The van der Waals surface area contributed by atoms with Gasteiger partial charge in [0.05, 0.1) is 38.3 Å². The van der Waals surface area contributed by atoms with E-state index < -0.39 is 64.0 Å². The zero-order chi connectivity index (χ0) is 48.0. The molecule has 10 rings (SSSR count). The number of hydrogen-bond acceptors (Lipinski definition) is 17. The van der Waals surface area contributed by atoms with Gasteiger partial charge in [-0.2, -0.15) is 15.0 Å². The van der Waals surface area contributed by atoms with Crippen molar-refractivity contribution in [1.29, 1.82) is 0 Å². The predicted molar refractivity (Wildman–Crippen MR) is 246 cm³/mol. The van der Waals surface area contributed by atoms with Gasteiger partial charge in [-0.05, 0) is 113 Å². The smallest absolute Gasteiger partial charge is 0.744 e. The normalized spacial score (nSPS) is 12.9. The molecule has 1 aromatic heterocycles. The van der Waals surface area contributed by atoms with Gasteiger partial charge in [-0.1, -0.05) is 54.6 Å². The number of carbonyl (C=O) groups is 6. The molecule has 70 heavy (non-hydrogen) atoms. The van der Waals surface area contributed by atoms with E-state index in [9.17, 15) is 41.7 Å². The van der Waals surface area contributed by atoms with E-state index in [0.29, 0.717) is 32.9 Å². The average Bonchev–Trinajstić information content (AvgIpc) is 3.74. The predicted octanol–water partition coefficient (Wildman–Crippen LogP) is 4.14. The van der Waals surface area contributed by atoms with Gasteiger partial charge in [-0.25, -0.2) is 27.8 Å². The number of nitrogens with zero attached hydrogens (tertiary/aromatic N) is 5. The maximum atomic E-state index is 13.0. The monoisotopic (exact) mass is 962 g/mol. The van der Waals surface area contributed by atoms with Crippen LogP contribution in [0.25, 0.3) is 21.5 Å². The Morgan fingerprint density at radius 1 is 0.471 bits per heavy atom. The Morgan fingerprint density at radius 2 is 0.829 bits per heavy atom. The van der Waals surface area contributed by atoms with Crippen LogP contribution < -0.4 is 45.5 Å². The molecule has 2 aliphatic heterocycles. The summed E-state index contributed by atoms with van der Waals surface area (Å²) >= 11 is 0. The standard InChI is InChI=1S/C49H32N8O11S.Na/c58-41-37-8-1-2-9-38(37)42(59)56(41)25-67-45(62)31-14-12-29-22-34(18-16-27(29)20-31)51-48-53-47(50-33-6-5-7-36(24-33)69(64,65)66)54-49(55-48)52-35-19-17-28-21-32(15-13-30(28)23-35)46(63)68-26-57-43(60)39-10-3-4-11-40(39)44(57)61;/h1-24H,25-26H2,(H,64,65,66)(H3,50,51,52,53,54,55);/q;+1/p-1. The molecule has 7 aromatic carbocycles. The molecular weight excluding hydrogens is 932 g/mol. The molecular formula is C49H31N8NaO11S. The first kappa shape index (κ1) is 46.7. The zero-order valence-corrected chi connectivity index (χ0v) is 39.2. The summed E-state index contributed by atoms with van der Waals surface area (Å²) in [5.41, 5.74) is 2.57. The number of rotatable bonds is 13. The van der Waals surface area contributed by atoms with Crippen molar-refractivity contribution < 1.29 is 80.8 Å². The van der Waals surface area contributed by atoms with Gasteiger partial charge in [0.1, 0.15) is 10.1 Å². The van der Waals surface area contributed by atoms with E-state index in [-0.39, 0.29) is 86.5 Å². The number of imide groups is 2. The molecule has 0 aliphatic carbocycles. The molecule has 0 spiro atoms. The third kappa shape index (κ3) is 9.39. The number of benzene rings is 7. The number of hydrogen-bond donors (Lipinski definition) is 3. The number of fused-ring (bicyclic) bond motifs is 4. The van der Waals surface area contributed by atoms with Crippen LogP contribution in [0.15, 0.2) is 150 Å². The summed E-state index contributed by atoms with van der Waals surface area (Å²) in [5, 5.41) is 11.9. The van der Waals surface area contributed by atoms with Crippen molar-refractivity contribution in [2.75, 3.05) is 29.4 Å². The molecule has 0 saturated carbocycles. The van der Waals surface area contributed by atoms with Crippen molar-refractivity contribution in [2.45, 2.75) is 4.90 Å². The fourth-order valence-electron chi connectivity index (χ4n) is 7.69. The first-order valence-corrected chi connectivity index (χ1v) is 22.1. The Labute approximate surface area is 418 Å². The zero-order valence-electron chi connectivity index (χ0n) is 36.4. The first-order valence-electron chi connectivity index (χ1n) is 20.7. The minimum Gasteiger partial charge on any atom is -0.744 e. The van der Waals surface area contributed by atoms with Gasteiger partial charge < -0.3 is 30.0 Å². The second-order valence-electron chi connectivity index (χ2n) is 15.5. The minimum atomic E-state index is -4.78. The average molecular weight is 963 g/mol. The third-order valence-corrected chi connectivity index (χ3v) is 11.9. The molecule has 19 nitrogen and oxygen atoms in total. The van der Waals surface area contributed by atoms with Crippen molar-refractivity contribution in [1.82, 2.24) is 24.8 Å². The second kappa shape index (κ2) is 18.9. The largest absolute Gasteiger partial charge is 1.00 e. The Morgan fingerprint density at radius 3 is 1.21 bits per heavy atom. The Bertz CT molecular complexity index is 3390. The van der Waals surface area contributed by atoms with Crippen LogP contribution in [-0.4, -0.2) is 86.8 Å². The Balaban J connectivity index is 0.00000608. The van der Waals surface area contributed by atoms with Crippen LogP contribution in [0.2, 0.25) is 0 Å². The number of amides is 4. The van der Waals surface area contributed by atoms with Gasteiger partial charge in [-0.15, -0.1) is 0 Å². The fraction of sp³-hybridized carbons (Fsp3) is 0.0408. The fourth-order valence-corrected chi connectivity index (χ4v) is 8.20. The van der Waals surface area contributed by atoms with E-state index in [2.05, 4.69) is 30.9 Å². The molecule has 0 saturated heterocycles. The summed E-state index contributed by atoms with van der Waals surface area (Å²) in [5.74, 6) is -3.64. The van der Waals surface area contributed by atoms with Crippen molar-refractivity contribution in [3.8, 4) is 0 Å². The van der Waals surface area contributed by atoms with Crippen LogP contribution in [0.3, 0.4) is 0 Å². The van der Waals surface area contributed by atoms with Gasteiger partial charge in [0, 0.05) is 17.1 Å². The maximum absolute atomic E-state index is 13.0. The second-order valence-corrected chi connectivity index (χ2v) is 16.9.